The maximum Gasteiger partial charge on any atom is 0.155 e. The Morgan fingerprint density at radius 2 is 1.65 bits per heavy atom. The maximum absolute atomic E-state index is 14.0. The van der Waals surface area contributed by atoms with Crippen LogP contribution in [-0.4, -0.2) is 16.1 Å². The third kappa shape index (κ3) is 2.79. The number of hydrogen-bond donors (Lipinski definition) is 0. The molecule has 1 heterocycles. The van der Waals surface area contributed by atoms with E-state index in [1.807, 2.05) is 0 Å². The van der Waals surface area contributed by atoms with Gasteiger partial charge in [0.05, 0.1) is 5.56 Å². The Morgan fingerprint density at radius 1 is 1.00 bits per heavy atom. The van der Waals surface area contributed by atoms with Crippen LogP contribution in [0.1, 0.15) is 10.4 Å². The van der Waals surface area contributed by atoms with Gasteiger partial charge in [-0.05, 0) is 52.3 Å². The molecule has 3 nitrogen and oxygen atoms in total. The number of hydrogen-bond acceptors (Lipinski definition) is 2. The minimum absolute atomic E-state index is 0.0188. The Hall–Kier alpha value is -2.41. The van der Waals surface area contributed by atoms with Gasteiger partial charge in [-0.25, -0.2) is 17.9 Å². The fourth-order valence-corrected chi connectivity index (χ4v) is 2.70. The number of carbonyl (C=O) groups is 1. The first-order chi connectivity index (χ1) is 11.0. The second kappa shape index (κ2) is 6.00. The van der Waals surface area contributed by atoms with Crippen molar-refractivity contribution in [1.29, 1.82) is 0 Å². The van der Waals surface area contributed by atoms with Crippen LogP contribution < -0.4 is 0 Å². The van der Waals surface area contributed by atoms with Gasteiger partial charge >= 0.3 is 0 Å². The SMILES string of the molecule is O=Cc1c(-c2ccc(F)cc2)nn(-c2ccc(F)cc2F)c1Br. The summed E-state index contributed by atoms with van der Waals surface area (Å²) in [5.74, 6) is -1.97. The van der Waals surface area contributed by atoms with Gasteiger partial charge in [0.2, 0.25) is 0 Å². The zero-order valence-electron chi connectivity index (χ0n) is 11.4. The van der Waals surface area contributed by atoms with Crippen LogP contribution in [0, 0.1) is 17.5 Å². The number of rotatable bonds is 3. The lowest BCUT2D eigenvalue weighted by Gasteiger charge is -2.04. The highest BCUT2D eigenvalue weighted by Crippen LogP contribution is 2.30. The monoisotopic (exact) mass is 380 g/mol. The van der Waals surface area contributed by atoms with Crippen LogP contribution in [0.5, 0.6) is 0 Å². The van der Waals surface area contributed by atoms with E-state index in [0.717, 1.165) is 16.8 Å². The molecule has 0 aliphatic heterocycles. The summed E-state index contributed by atoms with van der Waals surface area (Å²) >= 11 is 3.20. The molecule has 0 unspecified atom stereocenters. The van der Waals surface area contributed by atoms with E-state index in [1.165, 1.54) is 30.3 Å². The zero-order valence-corrected chi connectivity index (χ0v) is 13.0. The fraction of sp³-hybridized carbons (Fsp3) is 0. The molecule has 3 aromatic rings. The molecule has 3 rings (SSSR count). The van der Waals surface area contributed by atoms with Crippen LogP contribution in [0.4, 0.5) is 13.2 Å². The minimum Gasteiger partial charge on any atom is -0.298 e. The van der Waals surface area contributed by atoms with Crippen molar-refractivity contribution < 1.29 is 18.0 Å². The average Bonchev–Trinajstić information content (AvgIpc) is 2.85. The smallest absolute Gasteiger partial charge is 0.155 e. The second-order valence-electron chi connectivity index (χ2n) is 4.69. The topological polar surface area (TPSA) is 34.9 Å². The number of halogens is 4. The predicted octanol–water partition coefficient (Wildman–Crippen LogP) is 4.53. The van der Waals surface area contributed by atoms with Gasteiger partial charge in [-0.2, -0.15) is 5.10 Å². The first-order valence-corrected chi connectivity index (χ1v) is 7.25. The van der Waals surface area contributed by atoms with Crippen molar-refractivity contribution in [3.05, 3.63) is 70.1 Å². The molecule has 0 bridgehead atoms. The van der Waals surface area contributed by atoms with E-state index in [1.54, 1.807) is 0 Å². The summed E-state index contributed by atoms with van der Waals surface area (Å²) < 4.78 is 41.4. The van der Waals surface area contributed by atoms with Gasteiger partial charge in [0.1, 0.15) is 27.6 Å². The Kier molecular flexibility index (Phi) is 4.04. The number of benzene rings is 2. The van der Waals surface area contributed by atoms with Crippen LogP contribution in [-0.2, 0) is 0 Å². The van der Waals surface area contributed by atoms with Gasteiger partial charge in [-0.3, -0.25) is 4.79 Å². The molecular formula is C16H8BrF3N2O. The second-order valence-corrected chi connectivity index (χ2v) is 5.44. The van der Waals surface area contributed by atoms with Gasteiger partial charge in [0.15, 0.2) is 12.1 Å². The highest BCUT2D eigenvalue weighted by Gasteiger charge is 2.20. The molecule has 0 aliphatic rings. The lowest BCUT2D eigenvalue weighted by atomic mass is 10.1. The highest BCUT2D eigenvalue weighted by atomic mass is 79.9. The Balaban J connectivity index is 2.20. The van der Waals surface area contributed by atoms with Gasteiger partial charge in [0.25, 0.3) is 0 Å². The molecule has 116 valence electrons. The van der Waals surface area contributed by atoms with Gasteiger partial charge in [-0.1, -0.05) is 0 Å². The molecule has 0 saturated carbocycles. The summed E-state index contributed by atoms with van der Waals surface area (Å²) in [6.45, 7) is 0. The molecule has 2 aromatic carbocycles. The third-order valence-electron chi connectivity index (χ3n) is 3.24. The molecule has 1 aromatic heterocycles. The molecule has 0 saturated heterocycles. The number of carbonyl (C=O) groups excluding carboxylic acids is 1. The fourth-order valence-electron chi connectivity index (χ4n) is 2.15. The summed E-state index contributed by atoms with van der Waals surface area (Å²) in [5, 5.41) is 4.19. The Labute approximate surface area is 137 Å². The highest BCUT2D eigenvalue weighted by molar-refractivity contribution is 9.10. The molecule has 0 N–H and O–H groups in total. The molecule has 0 fully saturated rings. The molecule has 7 heteroatoms. The largest absolute Gasteiger partial charge is 0.298 e. The van der Waals surface area contributed by atoms with Crippen molar-refractivity contribution in [2.45, 2.75) is 0 Å². The van der Waals surface area contributed by atoms with Crippen LogP contribution >= 0.6 is 15.9 Å². The van der Waals surface area contributed by atoms with Crippen molar-refractivity contribution >= 4 is 22.2 Å². The third-order valence-corrected chi connectivity index (χ3v) is 4.00. The number of nitrogens with zero attached hydrogens (tertiary/aromatic N) is 2. The summed E-state index contributed by atoms with van der Waals surface area (Å²) in [5.41, 5.74) is 0.918. The van der Waals surface area contributed by atoms with E-state index in [2.05, 4.69) is 21.0 Å². The molecule has 0 amide bonds. The van der Waals surface area contributed by atoms with Crippen molar-refractivity contribution in [2.75, 3.05) is 0 Å². The van der Waals surface area contributed by atoms with Crippen LogP contribution in [0.15, 0.2) is 47.1 Å². The van der Waals surface area contributed by atoms with E-state index in [0.29, 0.717) is 11.8 Å². The van der Waals surface area contributed by atoms with Gasteiger partial charge in [0, 0.05) is 11.6 Å². The van der Waals surface area contributed by atoms with Crippen LogP contribution in [0.25, 0.3) is 16.9 Å². The van der Waals surface area contributed by atoms with Crippen LogP contribution in [0.3, 0.4) is 0 Å². The quantitative estimate of drug-likeness (QED) is 0.625. The number of aldehydes is 1. The normalized spacial score (nSPS) is 10.8. The number of aromatic nitrogens is 2. The summed E-state index contributed by atoms with van der Waals surface area (Å²) in [6, 6.07) is 8.41. The predicted molar refractivity (Wildman–Crippen MR) is 82.0 cm³/mol. The summed E-state index contributed by atoms with van der Waals surface area (Å²) in [6.07, 6.45) is 0.563. The van der Waals surface area contributed by atoms with Crippen molar-refractivity contribution in [1.82, 2.24) is 9.78 Å². The first-order valence-electron chi connectivity index (χ1n) is 6.46. The van der Waals surface area contributed by atoms with Crippen molar-refractivity contribution in [3.8, 4) is 16.9 Å². The Bertz CT molecular complexity index is 891. The first kappa shape index (κ1) is 15.5. The standard InChI is InChI=1S/C16H8BrF3N2O/c17-16-12(8-23)15(9-1-3-10(18)4-2-9)21-22(16)14-6-5-11(19)7-13(14)20/h1-8H. The summed E-state index contributed by atoms with van der Waals surface area (Å²) in [7, 11) is 0. The molecule has 23 heavy (non-hydrogen) atoms. The Morgan fingerprint density at radius 3 is 2.26 bits per heavy atom. The molecule has 0 spiro atoms. The lowest BCUT2D eigenvalue weighted by molar-refractivity contribution is 0.112. The van der Waals surface area contributed by atoms with Crippen LogP contribution in [0.2, 0.25) is 0 Å². The molecular weight excluding hydrogens is 373 g/mol. The zero-order chi connectivity index (χ0) is 16.6. The molecule has 0 aliphatic carbocycles. The van der Waals surface area contributed by atoms with E-state index in [9.17, 15) is 18.0 Å². The van der Waals surface area contributed by atoms with Crippen molar-refractivity contribution in [3.63, 3.8) is 0 Å². The van der Waals surface area contributed by atoms with Crippen molar-refractivity contribution in [2.24, 2.45) is 0 Å². The van der Waals surface area contributed by atoms with E-state index >= 15 is 0 Å². The average molecular weight is 381 g/mol. The lowest BCUT2D eigenvalue weighted by Crippen LogP contribution is -2.01. The molecule has 0 atom stereocenters. The molecule has 0 radical (unpaired) electrons. The van der Waals surface area contributed by atoms with E-state index < -0.39 is 17.5 Å². The van der Waals surface area contributed by atoms with Gasteiger partial charge in [-0.15, -0.1) is 0 Å². The summed E-state index contributed by atoms with van der Waals surface area (Å²) in [4.78, 5) is 11.4. The maximum atomic E-state index is 14.0. The van der Waals surface area contributed by atoms with E-state index in [-0.39, 0.29) is 21.5 Å². The van der Waals surface area contributed by atoms with Gasteiger partial charge < -0.3 is 0 Å². The van der Waals surface area contributed by atoms with E-state index in [4.69, 9.17) is 0 Å². The minimum atomic E-state index is -0.823.